The molecule has 1 saturated heterocycles. The van der Waals surface area contributed by atoms with Crippen LogP contribution in [0.3, 0.4) is 0 Å². The van der Waals surface area contributed by atoms with E-state index in [1.165, 1.54) is 6.07 Å². The number of nitrogens with zero attached hydrogens (tertiary/aromatic N) is 2. The molecule has 3 heterocycles. The highest BCUT2D eigenvalue weighted by Gasteiger charge is 2.19. The van der Waals surface area contributed by atoms with Crippen molar-refractivity contribution in [1.29, 1.82) is 0 Å². The Kier molecular flexibility index (Phi) is 5.64. The zero-order valence-corrected chi connectivity index (χ0v) is 16.2. The molecule has 1 aromatic carbocycles. The zero-order valence-electron chi connectivity index (χ0n) is 16.2. The fourth-order valence-corrected chi connectivity index (χ4v) is 3.59. The van der Waals surface area contributed by atoms with E-state index in [1.807, 2.05) is 13.0 Å². The maximum atomic E-state index is 13.6. The Morgan fingerprint density at radius 2 is 1.93 bits per heavy atom. The second-order valence-electron chi connectivity index (χ2n) is 7.18. The first-order valence-corrected chi connectivity index (χ1v) is 9.63. The van der Waals surface area contributed by atoms with E-state index in [9.17, 15) is 13.6 Å². The topological polar surface area (TPSA) is 59.6 Å². The molecule has 1 amide bonds. The average Bonchev–Trinajstić information content (AvgIpc) is 3.22. The number of hydrogen-bond donors (Lipinski definition) is 1. The number of aromatic nitrogens is 1. The van der Waals surface area contributed by atoms with Crippen LogP contribution in [-0.4, -0.2) is 54.8 Å². The lowest BCUT2D eigenvalue weighted by Crippen LogP contribution is -2.41. The van der Waals surface area contributed by atoms with Crippen molar-refractivity contribution in [3.05, 3.63) is 59.0 Å². The molecule has 0 atom stereocenters. The van der Waals surface area contributed by atoms with E-state index in [0.717, 1.165) is 37.3 Å². The molecular weight excluding hydrogens is 380 g/mol. The van der Waals surface area contributed by atoms with E-state index in [0.29, 0.717) is 42.4 Å². The smallest absolute Gasteiger partial charge is 0.268 e. The minimum Gasteiger partial charge on any atom is -0.460 e. The third-order valence-electron chi connectivity index (χ3n) is 5.09. The SMILES string of the molecule is Cc1cc2c(cc(C(=O)NCCN3CCOCC3)n2Cc2ccc(F)c(F)c2)o1. The lowest BCUT2D eigenvalue weighted by atomic mass is 10.2. The average molecular weight is 403 g/mol. The number of ether oxygens (including phenoxy) is 1. The van der Waals surface area contributed by atoms with Crippen LogP contribution in [0.4, 0.5) is 8.78 Å². The van der Waals surface area contributed by atoms with Gasteiger partial charge in [-0.25, -0.2) is 8.78 Å². The molecule has 0 radical (unpaired) electrons. The van der Waals surface area contributed by atoms with Crippen LogP contribution in [0.1, 0.15) is 21.8 Å². The summed E-state index contributed by atoms with van der Waals surface area (Å²) in [5.74, 6) is -1.32. The molecule has 0 saturated carbocycles. The molecular formula is C21H23F2N3O3. The number of aryl methyl sites for hydroxylation is 1. The molecule has 3 aromatic rings. The molecule has 0 bridgehead atoms. The Labute approximate surface area is 167 Å². The number of morpholine rings is 1. The molecule has 1 aliphatic rings. The number of carbonyl (C=O) groups excluding carboxylic acids is 1. The standard InChI is InChI=1S/C21H23F2N3O3/c1-14-10-18-20(29-14)12-19(21(27)24-4-5-25-6-8-28-9-7-25)26(18)13-15-2-3-16(22)17(23)11-15/h2-3,10-12H,4-9,13H2,1H3,(H,24,27). The monoisotopic (exact) mass is 403 g/mol. The molecule has 0 unspecified atom stereocenters. The fourth-order valence-electron chi connectivity index (χ4n) is 3.59. The van der Waals surface area contributed by atoms with E-state index >= 15 is 0 Å². The number of carbonyl (C=O) groups is 1. The van der Waals surface area contributed by atoms with Crippen molar-refractivity contribution in [3.8, 4) is 0 Å². The van der Waals surface area contributed by atoms with E-state index in [4.69, 9.17) is 9.15 Å². The summed E-state index contributed by atoms with van der Waals surface area (Å²) < 4.78 is 39.6. The summed E-state index contributed by atoms with van der Waals surface area (Å²) in [6.07, 6.45) is 0. The van der Waals surface area contributed by atoms with Gasteiger partial charge in [-0.2, -0.15) is 0 Å². The van der Waals surface area contributed by atoms with E-state index in [1.54, 1.807) is 10.6 Å². The summed E-state index contributed by atoms with van der Waals surface area (Å²) in [5, 5.41) is 2.94. The van der Waals surface area contributed by atoms with E-state index in [2.05, 4.69) is 10.2 Å². The van der Waals surface area contributed by atoms with Gasteiger partial charge >= 0.3 is 0 Å². The molecule has 8 heteroatoms. The summed E-state index contributed by atoms with van der Waals surface area (Å²) >= 11 is 0. The number of amides is 1. The van der Waals surface area contributed by atoms with Gasteiger partial charge in [0, 0.05) is 44.9 Å². The normalized spacial score (nSPS) is 15.1. The summed E-state index contributed by atoms with van der Waals surface area (Å²) in [5.41, 5.74) is 2.31. The van der Waals surface area contributed by atoms with Gasteiger partial charge in [0.25, 0.3) is 5.91 Å². The number of furan rings is 1. The van der Waals surface area contributed by atoms with Crippen LogP contribution in [0, 0.1) is 18.6 Å². The van der Waals surface area contributed by atoms with Crippen LogP contribution < -0.4 is 5.32 Å². The number of hydrogen-bond acceptors (Lipinski definition) is 4. The first-order chi connectivity index (χ1) is 14.0. The lowest BCUT2D eigenvalue weighted by Gasteiger charge is -2.26. The summed E-state index contributed by atoms with van der Waals surface area (Å²) in [6, 6.07) is 7.27. The highest BCUT2D eigenvalue weighted by Crippen LogP contribution is 2.25. The molecule has 1 aliphatic heterocycles. The highest BCUT2D eigenvalue weighted by atomic mass is 19.2. The predicted octanol–water partition coefficient (Wildman–Crippen LogP) is 2.93. The Balaban J connectivity index is 1.53. The molecule has 0 spiro atoms. The minimum absolute atomic E-state index is 0.228. The van der Waals surface area contributed by atoms with Gasteiger partial charge in [-0.1, -0.05) is 6.07 Å². The number of nitrogens with one attached hydrogen (secondary N) is 1. The van der Waals surface area contributed by atoms with E-state index in [-0.39, 0.29) is 12.5 Å². The predicted molar refractivity (Wildman–Crippen MR) is 104 cm³/mol. The second kappa shape index (κ2) is 8.34. The Morgan fingerprint density at radius 1 is 1.14 bits per heavy atom. The van der Waals surface area contributed by atoms with Crippen molar-refractivity contribution in [1.82, 2.24) is 14.8 Å². The zero-order chi connectivity index (χ0) is 20.4. The van der Waals surface area contributed by atoms with Gasteiger partial charge in [-0.3, -0.25) is 9.69 Å². The van der Waals surface area contributed by atoms with E-state index < -0.39 is 11.6 Å². The van der Waals surface area contributed by atoms with Crippen molar-refractivity contribution >= 4 is 17.0 Å². The number of rotatable bonds is 6. The van der Waals surface area contributed by atoms with Gasteiger partial charge in [0.15, 0.2) is 17.2 Å². The Bertz CT molecular complexity index is 1020. The van der Waals surface area contributed by atoms with Crippen molar-refractivity contribution in [2.45, 2.75) is 13.5 Å². The van der Waals surface area contributed by atoms with Crippen LogP contribution >= 0.6 is 0 Å². The molecule has 29 heavy (non-hydrogen) atoms. The van der Waals surface area contributed by atoms with Gasteiger partial charge < -0.3 is 19.0 Å². The third kappa shape index (κ3) is 4.33. The molecule has 4 rings (SSSR count). The van der Waals surface area contributed by atoms with Crippen molar-refractivity contribution in [2.24, 2.45) is 0 Å². The van der Waals surface area contributed by atoms with Gasteiger partial charge in [-0.05, 0) is 24.6 Å². The number of fused-ring (bicyclic) bond motifs is 1. The molecule has 154 valence electrons. The molecule has 1 N–H and O–H groups in total. The molecule has 0 aliphatic carbocycles. The Hall–Kier alpha value is -2.71. The van der Waals surface area contributed by atoms with Crippen molar-refractivity contribution < 1.29 is 22.7 Å². The number of halogens is 2. The number of benzene rings is 1. The lowest BCUT2D eigenvalue weighted by molar-refractivity contribution is 0.0383. The van der Waals surface area contributed by atoms with Gasteiger partial charge in [0.2, 0.25) is 0 Å². The molecule has 2 aromatic heterocycles. The highest BCUT2D eigenvalue weighted by molar-refractivity contribution is 5.97. The van der Waals surface area contributed by atoms with Gasteiger partial charge in [-0.15, -0.1) is 0 Å². The molecule has 6 nitrogen and oxygen atoms in total. The van der Waals surface area contributed by atoms with Crippen LogP contribution in [0.5, 0.6) is 0 Å². The van der Waals surface area contributed by atoms with Crippen LogP contribution in [0.2, 0.25) is 0 Å². The van der Waals surface area contributed by atoms with Crippen LogP contribution in [0.15, 0.2) is 34.7 Å². The van der Waals surface area contributed by atoms with Crippen LogP contribution in [0.25, 0.3) is 11.1 Å². The largest absolute Gasteiger partial charge is 0.460 e. The minimum atomic E-state index is -0.911. The Morgan fingerprint density at radius 3 is 2.69 bits per heavy atom. The second-order valence-corrected chi connectivity index (χ2v) is 7.18. The fraction of sp³-hybridized carbons (Fsp3) is 0.381. The maximum Gasteiger partial charge on any atom is 0.268 e. The van der Waals surface area contributed by atoms with Crippen LogP contribution in [-0.2, 0) is 11.3 Å². The van der Waals surface area contributed by atoms with Gasteiger partial charge in [0.05, 0.1) is 18.7 Å². The van der Waals surface area contributed by atoms with Crippen molar-refractivity contribution in [3.63, 3.8) is 0 Å². The third-order valence-corrected chi connectivity index (χ3v) is 5.09. The maximum absolute atomic E-state index is 13.6. The first kappa shape index (κ1) is 19.6. The summed E-state index contributed by atoms with van der Waals surface area (Å²) in [4.78, 5) is 15.1. The quantitative estimate of drug-likeness (QED) is 0.688. The van der Waals surface area contributed by atoms with Gasteiger partial charge in [0.1, 0.15) is 11.5 Å². The first-order valence-electron chi connectivity index (χ1n) is 9.63. The molecule has 1 fully saturated rings. The summed E-state index contributed by atoms with van der Waals surface area (Å²) in [7, 11) is 0. The van der Waals surface area contributed by atoms with Crippen molar-refractivity contribution in [2.75, 3.05) is 39.4 Å². The summed E-state index contributed by atoms with van der Waals surface area (Å²) in [6.45, 7) is 6.43.